The molecular weight excluding hydrogens is 524 g/mol. The van der Waals surface area contributed by atoms with Crippen LogP contribution in [0, 0.1) is 5.82 Å². The van der Waals surface area contributed by atoms with Crippen molar-refractivity contribution < 1.29 is 58.9 Å². The van der Waals surface area contributed by atoms with Gasteiger partial charge < -0.3 is 30.0 Å². The Bertz CT molecular complexity index is 1230. The van der Waals surface area contributed by atoms with E-state index < -0.39 is 30.4 Å². The minimum Gasteiger partial charge on any atom is -0.550 e. The monoisotopic (exact) mass is 561 g/mol. The third-order valence-electron chi connectivity index (χ3n) is 6.59. The Labute approximate surface area is 256 Å². The smallest absolute Gasteiger partial charge is 0.550 e. The van der Waals surface area contributed by atoms with Crippen LogP contribution in [-0.4, -0.2) is 49.9 Å². The molecule has 1 aromatic heterocycles. The molecule has 10 heteroatoms. The van der Waals surface area contributed by atoms with Gasteiger partial charge in [0.15, 0.2) is 0 Å². The fourth-order valence-electron chi connectivity index (χ4n) is 4.64. The number of benzene rings is 2. The first-order chi connectivity index (χ1) is 18.5. The van der Waals surface area contributed by atoms with Crippen molar-refractivity contribution >= 4 is 11.9 Å². The van der Waals surface area contributed by atoms with Crippen LogP contribution in [0.25, 0.3) is 11.4 Å². The van der Waals surface area contributed by atoms with E-state index >= 15 is 0 Å². The maximum absolute atomic E-state index is 13.7. The number of rotatable bonds is 14. The Morgan fingerprint density at radius 2 is 1.65 bits per heavy atom. The molecule has 8 nitrogen and oxygen atoms in total. The predicted molar refractivity (Wildman–Crippen MR) is 144 cm³/mol. The molecule has 0 spiro atoms. The molecule has 0 radical (unpaired) electrons. The second-order valence-corrected chi connectivity index (χ2v) is 10.3. The summed E-state index contributed by atoms with van der Waals surface area (Å²) >= 11 is 0. The number of aliphatic carboxylic acids is 1. The molecule has 2 aromatic carbocycles. The molecule has 3 atom stereocenters. The number of imidazole rings is 1. The Hall–Kier alpha value is -2.56. The Kier molecular flexibility index (Phi) is 13.5. The van der Waals surface area contributed by atoms with Gasteiger partial charge in [-0.15, -0.1) is 0 Å². The number of halogens is 1. The maximum atomic E-state index is 13.7. The molecule has 1 amide bonds. The van der Waals surface area contributed by atoms with E-state index in [9.17, 15) is 29.3 Å². The first kappa shape index (κ1) is 33.6. The van der Waals surface area contributed by atoms with Gasteiger partial charge >= 0.3 is 29.6 Å². The summed E-state index contributed by atoms with van der Waals surface area (Å²) < 4.78 is 15.5. The maximum Gasteiger partial charge on any atom is 1.00 e. The van der Waals surface area contributed by atoms with Crippen molar-refractivity contribution in [2.45, 2.75) is 83.6 Å². The van der Waals surface area contributed by atoms with Crippen molar-refractivity contribution in [3.8, 4) is 11.4 Å². The number of amides is 1. The van der Waals surface area contributed by atoms with E-state index in [1.54, 1.807) is 12.1 Å². The van der Waals surface area contributed by atoms with Gasteiger partial charge in [-0.25, -0.2) is 9.37 Å². The molecule has 0 aliphatic heterocycles. The molecule has 0 aliphatic rings. The van der Waals surface area contributed by atoms with Crippen LogP contribution < -0.4 is 40.0 Å². The molecule has 1 heterocycles. The molecule has 0 fully saturated rings. The number of hydrogen-bond acceptors (Lipinski definition) is 6. The molecule has 3 rings (SSSR count). The summed E-state index contributed by atoms with van der Waals surface area (Å²) in [5.74, 6) is -1.75. The summed E-state index contributed by atoms with van der Waals surface area (Å²) in [6.07, 6.45) is -1.16. The largest absolute Gasteiger partial charge is 1.00 e. The Morgan fingerprint density at radius 3 is 2.25 bits per heavy atom. The topological polar surface area (TPSA) is 128 Å². The molecule has 3 N–H and O–H groups in total. The van der Waals surface area contributed by atoms with Gasteiger partial charge in [0.2, 0.25) is 0 Å². The van der Waals surface area contributed by atoms with Crippen LogP contribution in [0.2, 0.25) is 0 Å². The zero-order valence-corrected chi connectivity index (χ0v) is 25.6. The van der Waals surface area contributed by atoms with Crippen molar-refractivity contribution in [3.63, 3.8) is 0 Å². The average Bonchev–Trinajstić information content (AvgIpc) is 3.27. The van der Waals surface area contributed by atoms with Crippen LogP contribution in [0.1, 0.15) is 74.1 Å². The van der Waals surface area contributed by atoms with Crippen molar-refractivity contribution in [3.05, 3.63) is 77.4 Å². The van der Waals surface area contributed by atoms with Crippen LogP contribution in [0.4, 0.5) is 4.39 Å². The molecular formula is C30H37FN3NaO5. The Balaban J connectivity index is 0.00000560. The fourth-order valence-corrected chi connectivity index (χ4v) is 4.64. The second kappa shape index (κ2) is 16.0. The second-order valence-electron chi connectivity index (χ2n) is 10.3. The predicted octanol–water partition coefficient (Wildman–Crippen LogP) is 0.210. The van der Waals surface area contributed by atoms with E-state index in [-0.39, 0.29) is 72.5 Å². The summed E-state index contributed by atoms with van der Waals surface area (Å²) in [6, 6.07) is 15.7. The molecule has 3 aromatic rings. The molecule has 210 valence electrons. The number of aliphatic hydroxyl groups is 2. The third kappa shape index (κ3) is 9.82. The fraction of sp³-hybridized carbons (Fsp3) is 0.433. The minimum absolute atomic E-state index is 0. The number of hydrogen-bond donors (Lipinski definition) is 3. The van der Waals surface area contributed by atoms with E-state index in [2.05, 4.69) is 5.32 Å². The normalized spacial score (nSPS) is 13.4. The Morgan fingerprint density at radius 1 is 1.00 bits per heavy atom. The van der Waals surface area contributed by atoms with Crippen molar-refractivity contribution in [2.24, 2.45) is 0 Å². The number of carbonyl (C=O) groups is 2. The number of nitrogens with one attached hydrogen (secondary N) is 1. The number of aliphatic hydroxyl groups excluding tert-OH is 2. The first-order valence-electron chi connectivity index (χ1n) is 13.3. The molecule has 1 unspecified atom stereocenters. The van der Waals surface area contributed by atoms with E-state index in [4.69, 9.17) is 4.98 Å². The number of carbonyl (C=O) groups excluding carboxylic acids is 2. The summed E-state index contributed by atoms with van der Waals surface area (Å²) in [5.41, 5.74) is 2.74. The average molecular weight is 562 g/mol. The minimum atomic E-state index is -1.39. The first-order valence-corrected chi connectivity index (χ1v) is 13.3. The number of aromatic nitrogens is 2. The number of carboxylic acid groups (broad SMARTS) is 1. The van der Waals surface area contributed by atoms with E-state index in [0.717, 1.165) is 12.8 Å². The van der Waals surface area contributed by atoms with Crippen LogP contribution in [0.15, 0.2) is 54.6 Å². The van der Waals surface area contributed by atoms with Crippen molar-refractivity contribution in [2.75, 3.05) is 0 Å². The van der Waals surface area contributed by atoms with Crippen molar-refractivity contribution in [1.29, 1.82) is 0 Å². The molecule has 0 saturated carbocycles. The van der Waals surface area contributed by atoms with Gasteiger partial charge in [0.05, 0.1) is 17.9 Å². The van der Waals surface area contributed by atoms with Gasteiger partial charge in [0.1, 0.15) is 17.3 Å². The van der Waals surface area contributed by atoms with Crippen molar-refractivity contribution in [1.82, 2.24) is 14.9 Å². The van der Waals surface area contributed by atoms with Crippen LogP contribution >= 0.6 is 0 Å². The number of aryl methyl sites for hydroxylation is 1. The van der Waals surface area contributed by atoms with Gasteiger partial charge in [-0.3, -0.25) is 4.79 Å². The molecule has 0 aliphatic carbocycles. The van der Waals surface area contributed by atoms with Gasteiger partial charge in [0, 0.05) is 30.5 Å². The van der Waals surface area contributed by atoms with Gasteiger partial charge in [-0.1, -0.05) is 44.2 Å². The third-order valence-corrected chi connectivity index (χ3v) is 6.59. The van der Waals surface area contributed by atoms with Crippen LogP contribution in [0.3, 0.4) is 0 Å². The summed E-state index contributed by atoms with van der Waals surface area (Å²) in [4.78, 5) is 28.9. The van der Waals surface area contributed by atoms with E-state index in [1.807, 2.05) is 55.7 Å². The summed E-state index contributed by atoms with van der Waals surface area (Å²) in [5, 5.41) is 34.1. The molecule has 40 heavy (non-hydrogen) atoms. The zero-order chi connectivity index (χ0) is 28.5. The van der Waals surface area contributed by atoms with Gasteiger partial charge in [-0.05, 0) is 68.4 Å². The zero-order valence-electron chi connectivity index (χ0n) is 23.6. The molecule has 0 saturated heterocycles. The number of nitrogens with zero attached hydrogens (tertiary/aromatic N) is 2. The standard InChI is InChI=1S/C30H38FN3O5.Na/c1-19(2)28-27(30(39)32-20(3)9-10-21-7-5-4-6-8-21)33-29(22-11-13-23(31)14-12-22)34(28)16-15-24(35)17-25(36)18-26(37)38;/h4-8,11-14,19-20,24-25,35-36H,9-10,15-18H2,1-3H3,(H,32,39)(H,37,38);/q;+1/p-1/t20?,24-,25-;/m1./s1. The van der Waals surface area contributed by atoms with E-state index in [0.29, 0.717) is 17.1 Å². The van der Waals surface area contributed by atoms with Gasteiger partial charge in [0.25, 0.3) is 5.91 Å². The molecule has 0 bridgehead atoms. The quantitative estimate of drug-likeness (QED) is 0.242. The number of carboxylic acids is 1. The summed E-state index contributed by atoms with van der Waals surface area (Å²) in [6.45, 7) is 6.08. The summed E-state index contributed by atoms with van der Waals surface area (Å²) in [7, 11) is 0. The SMILES string of the molecule is CC(CCc1ccccc1)NC(=O)c1nc(-c2ccc(F)cc2)n(CC[C@@H](O)C[C@@H](O)CC(=O)[O-])c1C(C)C.[Na+]. The van der Waals surface area contributed by atoms with Crippen LogP contribution in [-0.2, 0) is 17.8 Å². The van der Waals surface area contributed by atoms with E-state index in [1.165, 1.54) is 17.7 Å². The van der Waals surface area contributed by atoms with Crippen LogP contribution in [0.5, 0.6) is 0 Å². The van der Waals surface area contributed by atoms with Gasteiger partial charge in [-0.2, -0.15) is 0 Å².